The fraction of sp³-hybridized carbons (Fsp3) is 0.579. The molecular weight excluding hydrogens is 306 g/mol. The van der Waals surface area contributed by atoms with Crippen molar-refractivity contribution < 1.29 is 19.1 Å². The summed E-state index contributed by atoms with van der Waals surface area (Å²) in [6, 6.07) is 9.54. The molecule has 0 unspecified atom stereocenters. The molecule has 2 rings (SSSR count). The molecule has 24 heavy (non-hydrogen) atoms. The Bertz CT molecular complexity index is 584. The molecule has 0 heterocycles. The van der Waals surface area contributed by atoms with Crippen LogP contribution in [0.25, 0.3) is 0 Å². The van der Waals surface area contributed by atoms with E-state index < -0.39 is 17.0 Å². The summed E-state index contributed by atoms with van der Waals surface area (Å²) in [6.07, 6.45) is 0.949. The number of carbonyl (C=O) groups is 2. The number of esters is 1. The molecule has 1 N–H and O–H groups in total. The third-order valence-corrected chi connectivity index (χ3v) is 5.39. The van der Waals surface area contributed by atoms with Crippen LogP contribution in [-0.2, 0) is 20.9 Å². The van der Waals surface area contributed by atoms with E-state index in [0.717, 1.165) is 5.56 Å². The smallest absolute Gasteiger partial charge is 0.407 e. The van der Waals surface area contributed by atoms with Crippen molar-refractivity contribution in [1.29, 1.82) is 0 Å². The third-order valence-electron chi connectivity index (χ3n) is 5.39. The van der Waals surface area contributed by atoms with E-state index in [1.165, 1.54) is 0 Å². The summed E-state index contributed by atoms with van der Waals surface area (Å²) in [7, 11) is 0. The van der Waals surface area contributed by atoms with Crippen molar-refractivity contribution in [2.45, 2.75) is 52.7 Å². The minimum atomic E-state index is -0.516. The van der Waals surface area contributed by atoms with Crippen molar-refractivity contribution in [3.63, 3.8) is 0 Å². The fourth-order valence-electron chi connectivity index (χ4n) is 3.36. The lowest BCUT2D eigenvalue weighted by Gasteiger charge is -2.41. The Kier molecular flexibility index (Phi) is 5.52. The zero-order valence-electron chi connectivity index (χ0n) is 14.9. The second-order valence-corrected chi connectivity index (χ2v) is 7.08. The Labute approximate surface area is 143 Å². The lowest BCUT2D eigenvalue weighted by molar-refractivity contribution is -0.152. The lowest BCUT2D eigenvalue weighted by Crippen LogP contribution is -2.55. The van der Waals surface area contributed by atoms with Gasteiger partial charge in [-0.2, -0.15) is 0 Å². The van der Waals surface area contributed by atoms with E-state index in [-0.39, 0.29) is 18.5 Å². The molecule has 1 aromatic carbocycles. The Balaban J connectivity index is 1.97. The van der Waals surface area contributed by atoms with E-state index in [1.807, 2.05) is 51.1 Å². The molecule has 5 heteroatoms. The van der Waals surface area contributed by atoms with Crippen molar-refractivity contribution in [2.24, 2.45) is 11.3 Å². The van der Waals surface area contributed by atoms with Gasteiger partial charge in [0.05, 0.1) is 12.5 Å². The first kappa shape index (κ1) is 18.3. The molecule has 0 aliphatic heterocycles. The Morgan fingerprint density at radius 3 is 2.46 bits per heavy atom. The van der Waals surface area contributed by atoms with Gasteiger partial charge in [-0.15, -0.1) is 0 Å². The van der Waals surface area contributed by atoms with Crippen molar-refractivity contribution in [3.05, 3.63) is 35.9 Å². The molecule has 0 spiro atoms. The molecular formula is C19H27NO4. The first-order chi connectivity index (χ1) is 11.3. The maximum atomic E-state index is 12.2. The molecule has 1 aromatic rings. The molecule has 132 valence electrons. The second kappa shape index (κ2) is 7.24. The number of alkyl carbamates (subject to hydrolysis) is 1. The zero-order chi connectivity index (χ0) is 17.8. The lowest BCUT2D eigenvalue weighted by atomic mass is 9.71. The third kappa shape index (κ3) is 3.71. The van der Waals surface area contributed by atoms with Gasteiger partial charge >= 0.3 is 12.1 Å². The van der Waals surface area contributed by atoms with Crippen molar-refractivity contribution in [3.8, 4) is 0 Å². The summed E-state index contributed by atoms with van der Waals surface area (Å²) in [5, 5.41) is 2.97. The molecule has 5 nitrogen and oxygen atoms in total. The SMILES string of the molecule is CCOC(=O)[C@H]1CC[C@@](C)(NC(=O)OCc2ccccc2)C1(C)C. The highest BCUT2D eigenvalue weighted by Gasteiger charge is 2.55. The zero-order valence-corrected chi connectivity index (χ0v) is 14.9. The topological polar surface area (TPSA) is 64.6 Å². The summed E-state index contributed by atoms with van der Waals surface area (Å²) in [5.74, 6) is -0.414. The number of rotatable bonds is 5. The number of benzene rings is 1. The number of hydrogen-bond donors (Lipinski definition) is 1. The Morgan fingerprint density at radius 1 is 1.17 bits per heavy atom. The van der Waals surface area contributed by atoms with E-state index in [4.69, 9.17) is 9.47 Å². The maximum Gasteiger partial charge on any atom is 0.407 e. The van der Waals surface area contributed by atoms with Crippen molar-refractivity contribution in [1.82, 2.24) is 5.32 Å². The molecule has 0 radical (unpaired) electrons. The number of ether oxygens (including phenoxy) is 2. The summed E-state index contributed by atoms with van der Waals surface area (Å²) < 4.78 is 10.5. The van der Waals surface area contributed by atoms with E-state index in [9.17, 15) is 9.59 Å². The van der Waals surface area contributed by atoms with Gasteiger partial charge in [0.15, 0.2) is 0 Å². The van der Waals surface area contributed by atoms with E-state index >= 15 is 0 Å². The maximum absolute atomic E-state index is 12.2. The molecule has 0 saturated heterocycles. The molecule has 0 aromatic heterocycles. The number of nitrogens with one attached hydrogen (secondary N) is 1. The van der Waals surface area contributed by atoms with Gasteiger partial charge in [-0.25, -0.2) is 4.79 Å². The minimum Gasteiger partial charge on any atom is -0.466 e. The van der Waals surface area contributed by atoms with Crippen LogP contribution in [-0.4, -0.2) is 24.2 Å². The van der Waals surface area contributed by atoms with Crippen LogP contribution in [0.1, 0.15) is 46.1 Å². The highest BCUT2D eigenvalue weighted by molar-refractivity contribution is 5.75. The van der Waals surface area contributed by atoms with Crippen LogP contribution in [0.5, 0.6) is 0 Å². The van der Waals surface area contributed by atoms with Crippen molar-refractivity contribution >= 4 is 12.1 Å². The van der Waals surface area contributed by atoms with Gasteiger partial charge in [-0.05, 0) is 32.3 Å². The van der Waals surface area contributed by atoms with Gasteiger partial charge < -0.3 is 14.8 Å². The van der Waals surface area contributed by atoms with E-state index in [0.29, 0.717) is 19.4 Å². The first-order valence-electron chi connectivity index (χ1n) is 8.45. The van der Waals surface area contributed by atoms with E-state index in [2.05, 4.69) is 5.32 Å². The van der Waals surface area contributed by atoms with Gasteiger partial charge in [0.2, 0.25) is 0 Å². The predicted octanol–water partition coefficient (Wildman–Crippen LogP) is 3.67. The largest absolute Gasteiger partial charge is 0.466 e. The van der Waals surface area contributed by atoms with Crippen LogP contribution in [0.15, 0.2) is 30.3 Å². The fourth-order valence-corrected chi connectivity index (χ4v) is 3.36. The van der Waals surface area contributed by atoms with Crippen molar-refractivity contribution in [2.75, 3.05) is 6.61 Å². The first-order valence-corrected chi connectivity index (χ1v) is 8.45. The molecule has 2 atom stereocenters. The molecule has 0 bridgehead atoms. The van der Waals surface area contributed by atoms with Gasteiger partial charge in [-0.1, -0.05) is 44.2 Å². The van der Waals surface area contributed by atoms with Crippen LogP contribution >= 0.6 is 0 Å². The predicted molar refractivity (Wildman–Crippen MR) is 91.3 cm³/mol. The van der Waals surface area contributed by atoms with E-state index in [1.54, 1.807) is 6.92 Å². The highest BCUT2D eigenvalue weighted by atomic mass is 16.5. The second-order valence-electron chi connectivity index (χ2n) is 7.08. The van der Waals surface area contributed by atoms with Gasteiger partial charge in [0.1, 0.15) is 6.61 Å². The van der Waals surface area contributed by atoms with Gasteiger partial charge in [-0.3, -0.25) is 4.79 Å². The van der Waals surface area contributed by atoms with Gasteiger partial charge in [0.25, 0.3) is 0 Å². The van der Waals surface area contributed by atoms with Gasteiger partial charge in [0, 0.05) is 11.0 Å². The molecule has 1 aliphatic carbocycles. The molecule has 1 amide bonds. The summed E-state index contributed by atoms with van der Waals surface area (Å²) in [5.41, 5.74) is 0.0105. The summed E-state index contributed by atoms with van der Waals surface area (Å²) in [4.78, 5) is 24.4. The quantitative estimate of drug-likeness (QED) is 0.835. The molecule has 1 fully saturated rings. The monoisotopic (exact) mass is 333 g/mol. The Hall–Kier alpha value is -2.04. The number of amides is 1. The normalized spacial score (nSPS) is 25.1. The van der Waals surface area contributed by atoms with Crippen LogP contribution in [0.2, 0.25) is 0 Å². The van der Waals surface area contributed by atoms with Crippen LogP contribution in [0.4, 0.5) is 4.79 Å². The van der Waals surface area contributed by atoms with Crippen LogP contribution in [0, 0.1) is 11.3 Å². The average Bonchev–Trinajstić information content (AvgIpc) is 2.76. The summed E-state index contributed by atoms with van der Waals surface area (Å²) in [6.45, 7) is 8.37. The number of hydrogen-bond acceptors (Lipinski definition) is 4. The number of carbonyl (C=O) groups excluding carboxylic acids is 2. The van der Waals surface area contributed by atoms with Crippen LogP contribution in [0.3, 0.4) is 0 Å². The standard InChI is InChI=1S/C19H27NO4/c1-5-23-16(21)15-11-12-19(4,18(15,2)3)20-17(22)24-13-14-9-7-6-8-10-14/h6-10,15H,5,11-13H2,1-4H3,(H,20,22)/t15-,19-/m1/s1. The highest BCUT2D eigenvalue weighted by Crippen LogP contribution is 2.50. The molecule has 1 saturated carbocycles. The average molecular weight is 333 g/mol. The van der Waals surface area contributed by atoms with Crippen LogP contribution < -0.4 is 5.32 Å². The Morgan fingerprint density at radius 2 is 1.83 bits per heavy atom. The molecule has 1 aliphatic rings. The summed E-state index contributed by atoms with van der Waals surface area (Å²) >= 11 is 0. The minimum absolute atomic E-state index is 0.189.